The Balaban J connectivity index is 1.56. The molecule has 0 atom stereocenters. The van der Waals surface area contributed by atoms with Crippen molar-refractivity contribution >= 4 is 34.8 Å². The maximum absolute atomic E-state index is 13.1. The number of halogens is 1. The third-order valence-corrected chi connectivity index (χ3v) is 5.73. The number of nitrogens with zero attached hydrogens (tertiary/aromatic N) is 2. The molecule has 4 rings (SSSR count). The summed E-state index contributed by atoms with van der Waals surface area (Å²) in [6, 6.07) is 16.0. The van der Waals surface area contributed by atoms with Gasteiger partial charge in [-0.25, -0.2) is 0 Å². The SMILES string of the molecule is O=C(Nc1ccc(N2CCCCC2)c(C(=O)NCc2cccnc2)c1)c1ccc(Cl)cc1. The molecule has 0 spiro atoms. The molecule has 7 heteroatoms. The monoisotopic (exact) mass is 448 g/mol. The lowest BCUT2D eigenvalue weighted by atomic mass is 10.1. The van der Waals surface area contributed by atoms with Crippen molar-refractivity contribution < 1.29 is 9.59 Å². The predicted octanol–water partition coefficient (Wildman–Crippen LogP) is 4.91. The number of benzene rings is 2. The molecule has 2 amide bonds. The molecule has 0 radical (unpaired) electrons. The highest BCUT2D eigenvalue weighted by molar-refractivity contribution is 6.30. The molecule has 1 aliphatic rings. The lowest BCUT2D eigenvalue weighted by Crippen LogP contribution is -2.32. The third kappa shape index (κ3) is 5.45. The lowest BCUT2D eigenvalue weighted by Gasteiger charge is -2.30. The Bertz CT molecular complexity index is 1080. The summed E-state index contributed by atoms with van der Waals surface area (Å²) >= 11 is 5.91. The van der Waals surface area contributed by atoms with Crippen LogP contribution in [0.25, 0.3) is 0 Å². The predicted molar refractivity (Wildman–Crippen MR) is 127 cm³/mol. The van der Waals surface area contributed by atoms with Gasteiger partial charge in [-0.1, -0.05) is 17.7 Å². The van der Waals surface area contributed by atoms with Gasteiger partial charge in [-0.15, -0.1) is 0 Å². The van der Waals surface area contributed by atoms with Gasteiger partial charge < -0.3 is 15.5 Å². The van der Waals surface area contributed by atoms with Crippen molar-refractivity contribution in [3.63, 3.8) is 0 Å². The molecule has 1 saturated heterocycles. The number of pyridine rings is 1. The van der Waals surface area contributed by atoms with Gasteiger partial charge in [-0.2, -0.15) is 0 Å². The van der Waals surface area contributed by atoms with Crippen molar-refractivity contribution in [2.45, 2.75) is 25.8 Å². The number of carbonyl (C=O) groups excluding carboxylic acids is 2. The summed E-state index contributed by atoms with van der Waals surface area (Å²) in [5, 5.41) is 6.44. The van der Waals surface area contributed by atoms with Gasteiger partial charge in [-0.05, 0) is 73.4 Å². The molecule has 0 bridgehead atoms. The van der Waals surface area contributed by atoms with Gasteiger partial charge in [0.25, 0.3) is 11.8 Å². The molecule has 2 N–H and O–H groups in total. The standard InChI is InChI=1S/C25H25ClN4O2/c26-20-8-6-19(7-9-20)24(31)29-21-10-11-23(30-13-2-1-3-14-30)22(15-21)25(32)28-17-18-5-4-12-27-16-18/h4-12,15-16H,1-3,13-14,17H2,(H,28,32)(H,29,31). The Morgan fingerprint density at radius 2 is 1.75 bits per heavy atom. The zero-order chi connectivity index (χ0) is 22.3. The van der Waals surface area contributed by atoms with Gasteiger partial charge in [0, 0.05) is 54.0 Å². The summed E-state index contributed by atoms with van der Waals surface area (Å²) in [5.41, 5.74) is 3.42. The first-order chi connectivity index (χ1) is 15.6. The molecule has 0 aliphatic carbocycles. The van der Waals surface area contributed by atoms with Crippen LogP contribution in [0, 0.1) is 0 Å². The molecule has 3 aromatic rings. The van der Waals surface area contributed by atoms with Crippen molar-refractivity contribution in [1.82, 2.24) is 10.3 Å². The van der Waals surface area contributed by atoms with Gasteiger partial charge in [0.2, 0.25) is 0 Å². The number of amides is 2. The minimum atomic E-state index is -0.255. The number of hydrogen-bond acceptors (Lipinski definition) is 4. The highest BCUT2D eigenvalue weighted by Gasteiger charge is 2.20. The highest BCUT2D eigenvalue weighted by atomic mass is 35.5. The van der Waals surface area contributed by atoms with E-state index in [4.69, 9.17) is 11.6 Å². The Morgan fingerprint density at radius 3 is 2.47 bits per heavy atom. The summed E-state index contributed by atoms with van der Waals surface area (Å²) in [6.45, 7) is 2.21. The number of aromatic nitrogens is 1. The number of anilines is 2. The van der Waals surface area contributed by atoms with Crippen LogP contribution in [0.1, 0.15) is 45.5 Å². The fourth-order valence-corrected chi connectivity index (χ4v) is 3.92. The molecule has 0 saturated carbocycles. The van der Waals surface area contributed by atoms with Gasteiger partial charge in [0.1, 0.15) is 0 Å². The Hall–Kier alpha value is -3.38. The fourth-order valence-electron chi connectivity index (χ4n) is 3.79. The number of rotatable bonds is 6. The minimum Gasteiger partial charge on any atom is -0.371 e. The number of nitrogens with one attached hydrogen (secondary N) is 2. The van der Waals surface area contributed by atoms with E-state index in [2.05, 4.69) is 20.5 Å². The van der Waals surface area contributed by atoms with Crippen molar-refractivity contribution in [2.75, 3.05) is 23.3 Å². The van der Waals surface area contributed by atoms with Gasteiger partial charge in [0.15, 0.2) is 0 Å². The Morgan fingerprint density at radius 1 is 0.969 bits per heavy atom. The summed E-state index contributed by atoms with van der Waals surface area (Å²) in [5.74, 6) is -0.439. The summed E-state index contributed by atoms with van der Waals surface area (Å²) in [4.78, 5) is 32.1. The van der Waals surface area contributed by atoms with Crippen molar-refractivity contribution in [1.29, 1.82) is 0 Å². The maximum Gasteiger partial charge on any atom is 0.255 e. The first-order valence-corrected chi connectivity index (χ1v) is 11.1. The Kier molecular flexibility index (Phi) is 7.02. The molecule has 1 aromatic heterocycles. The zero-order valence-electron chi connectivity index (χ0n) is 17.7. The number of carbonyl (C=O) groups is 2. The number of piperidine rings is 1. The van der Waals surface area contributed by atoms with Gasteiger partial charge in [0.05, 0.1) is 5.56 Å². The summed E-state index contributed by atoms with van der Waals surface area (Å²) in [7, 11) is 0. The molecule has 2 heterocycles. The fraction of sp³-hybridized carbons (Fsp3) is 0.240. The summed E-state index contributed by atoms with van der Waals surface area (Å²) < 4.78 is 0. The average molecular weight is 449 g/mol. The van der Waals surface area contributed by atoms with Crippen LogP contribution in [0.4, 0.5) is 11.4 Å². The smallest absolute Gasteiger partial charge is 0.255 e. The quantitative estimate of drug-likeness (QED) is 0.562. The van der Waals surface area contributed by atoms with Crippen LogP contribution in [-0.4, -0.2) is 29.9 Å². The van der Waals surface area contributed by atoms with Crippen LogP contribution < -0.4 is 15.5 Å². The molecule has 0 unspecified atom stereocenters. The van der Waals surface area contributed by atoms with Crippen molar-refractivity contribution in [3.05, 3.63) is 88.7 Å². The van der Waals surface area contributed by atoms with E-state index < -0.39 is 0 Å². The van der Waals surface area contributed by atoms with Crippen LogP contribution in [-0.2, 0) is 6.54 Å². The second-order valence-corrected chi connectivity index (χ2v) is 8.22. The van der Waals surface area contributed by atoms with E-state index in [-0.39, 0.29) is 11.8 Å². The van der Waals surface area contributed by atoms with Crippen molar-refractivity contribution in [3.8, 4) is 0 Å². The van der Waals surface area contributed by atoms with E-state index in [1.165, 1.54) is 6.42 Å². The molecule has 32 heavy (non-hydrogen) atoms. The van der Waals surface area contributed by atoms with Crippen LogP contribution >= 0.6 is 11.6 Å². The van der Waals surface area contributed by atoms with E-state index in [1.807, 2.05) is 24.3 Å². The van der Waals surface area contributed by atoms with Gasteiger partial charge >= 0.3 is 0 Å². The molecule has 6 nitrogen and oxygen atoms in total. The second kappa shape index (κ2) is 10.3. The highest BCUT2D eigenvalue weighted by Crippen LogP contribution is 2.27. The third-order valence-electron chi connectivity index (χ3n) is 5.48. The summed E-state index contributed by atoms with van der Waals surface area (Å²) in [6.07, 6.45) is 6.84. The topological polar surface area (TPSA) is 74.3 Å². The molecule has 1 aliphatic heterocycles. The van der Waals surface area contributed by atoms with E-state index in [0.717, 1.165) is 37.2 Å². The van der Waals surface area contributed by atoms with Crippen LogP contribution in [0.3, 0.4) is 0 Å². The number of hydrogen-bond donors (Lipinski definition) is 2. The van der Waals surface area contributed by atoms with E-state index in [9.17, 15) is 9.59 Å². The largest absolute Gasteiger partial charge is 0.371 e. The maximum atomic E-state index is 13.1. The minimum absolute atomic E-state index is 0.183. The van der Waals surface area contributed by atoms with E-state index in [1.54, 1.807) is 42.7 Å². The Labute approximate surface area is 192 Å². The normalized spacial score (nSPS) is 13.5. The van der Waals surface area contributed by atoms with E-state index >= 15 is 0 Å². The first kappa shape index (κ1) is 21.8. The zero-order valence-corrected chi connectivity index (χ0v) is 18.4. The molecular weight excluding hydrogens is 424 g/mol. The van der Waals surface area contributed by atoms with E-state index in [0.29, 0.717) is 28.4 Å². The molecule has 164 valence electrons. The molecular formula is C25H25ClN4O2. The first-order valence-electron chi connectivity index (χ1n) is 10.7. The van der Waals surface area contributed by atoms with Gasteiger partial charge in [-0.3, -0.25) is 14.6 Å². The second-order valence-electron chi connectivity index (χ2n) is 7.78. The van der Waals surface area contributed by atoms with Crippen LogP contribution in [0.2, 0.25) is 5.02 Å². The lowest BCUT2D eigenvalue weighted by molar-refractivity contribution is 0.0950. The molecule has 1 fully saturated rings. The van der Waals surface area contributed by atoms with Crippen LogP contribution in [0.5, 0.6) is 0 Å². The van der Waals surface area contributed by atoms with Crippen molar-refractivity contribution in [2.24, 2.45) is 0 Å². The average Bonchev–Trinajstić information content (AvgIpc) is 2.84. The van der Waals surface area contributed by atoms with Crippen LogP contribution in [0.15, 0.2) is 67.0 Å². The molecule has 2 aromatic carbocycles.